The van der Waals surface area contributed by atoms with Crippen LogP contribution in [0.25, 0.3) is 0 Å². The Morgan fingerprint density at radius 1 is 1.12 bits per heavy atom. The van der Waals surface area contributed by atoms with Crippen LogP contribution >= 0.6 is 0 Å². The summed E-state index contributed by atoms with van der Waals surface area (Å²) < 4.78 is 18.0. The van der Waals surface area contributed by atoms with Crippen LogP contribution < -0.4 is 0 Å². The molecule has 0 spiro atoms. The highest BCUT2D eigenvalue weighted by atomic mass is 16.7. The molecule has 94 valence electrons. The summed E-state index contributed by atoms with van der Waals surface area (Å²) in [5.74, 6) is 0. The van der Waals surface area contributed by atoms with Crippen LogP contribution in [-0.4, -0.2) is 30.5 Å². The van der Waals surface area contributed by atoms with Gasteiger partial charge in [-0.15, -0.1) is 0 Å². The van der Waals surface area contributed by atoms with Gasteiger partial charge in [0.05, 0.1) is 23.4 Å². The number of hydrogen-bond donors (Lipinski definition) is 0. The monoisotopic (exact) mass is 236 g/mol. The van der Waals surface area contributed by atoms with Crippen molar-refractivity contribution in [1.29, 1.82) is 0 Å². The molecule has 2 bridgehead atoms. The maximum atomic E-state index is 6.08. The van der Waals surface area contributed by atoms with E-state index in [1.54, 1.807) is 0 Å². The Bertz CT molecular complexity index is 346. The van der Waals surface area contributed by atoms with E-state index in [0.29, 0.717) is 12.2 Å². The lowest BCUT2D eigenvalue weighted by Crippen LogP contribution is -2.41. The molecular weight excluding hydrogens is 215 g/mol. The molecule has 0 aromatic carbocycles. The van der Waals surface area contributed by atoms with Gasteiger partial charge in [0.1, 0.15) is 0 Å². The molecule has 3 rings (SSSR count). The van der Waals surface area contributed by atoms with Crippen molar-refractivity contribution in [1.82, 2.24) is 0 Å². The fourth-order valence-corrected chi connectivity index (χ4v) is 2.75. The summed E-state index contributed by atoms with van der Waals surface area (Å²) in [6.07, 6.45) is 6.18. The molecule has 17 heavy (non-hydrogen) atoms. The summed E-state index contributed by atoms with van der Waals surface area (Å²) in [7, 11) is -0.174. The van der Waals surface area contributed by atoms with Crippen LogP contribution in [0.15, 0.2) is 11.5 Å². The van der Waals surface area contributed by atoms with E-state index in [4.69, 9.17) is 14.0 Å². The molecule has 0 aromatic heterocycles. The molecule has 2 saturated heterocycles. The molecule has 0 amide bonds. The first kappa shape index (κ1) is 11.8. The molecule has 0 radical (unpaired) electrons. The largest absolute Gasteiger partial charge is 0.490 e. The van der Waals surface area contributed by atoms with Crippen molar-refractivity contribution in [2.45, 2.75) is 70.4 Å². The average Bonchev–Trinajstić information content (AvgIpc) is 2.65. The van der Waals surface area contributed by atoms with E-state index in [1.807, 2.05) is 0 Å². The van der Waals surface area contributed by atoms with Crippen LogP contribution in [-0.2, 0) is 14.0 Å². The molecule has 3 aliphatic rings. The summed E-state index contributed by atoms with van der Waals surface area (Å²) in [5.41, 5.74) is 0.800. The lowest BCUT2D eigenvalue weighted by molar-refractivity contribution is 0.00578. The smallest absolute Gasteiger partial charge is 0.400 e. The lowest BCUT2D eigenvalue weighted by atomic mass is 9.74. The van der Waals surface area contributed by atoms with Crippen molar-refractivity contribution in [2.24, 2.45) is 0 Å². The number of hydrogen-bond acceptors (Lipinski definition) is 3. The minimum atomic E-state index is -0.240. The molecule has 3 heterocycles. The molecular formula is C13H21BO3. The maximum absolute atomic E-state index is 6.08. The third-order valence-corrected chi connectivity index (χ3v) is 4.56. The second kappa shape index (κ2) is 3.59. The highest BCUT2D eigenvalue weighted by molar-refractivity contribution is 6.54. The van der Waals surface area contributed by atoms with Crippen LogP contribution in [0, 0.1) is 0 Å². The fourth-order valence-electron chi connectivity index (χ4n) is 2.75. The van der Waals surface area contributed by atoms with Gasteiger partial charge in [0.2, 0.25) is 0 Å². The van der Waals surface area contributed by atoms with Gasteiger partial charge in [-0.2, -0.15) is 0 Å². The fraction of sp³-hybridized carbons (Fsp3) is 0.846. The first-order valence-electron chi connectivity index (χ1n) is 6.59. The Kier molecular flexibility index (Phi) is 2.48. The Morgan fingerprint density at radius 3 is 2.35 bits per heavy atom. The topological polar surface area (TPSA) is 27.7 Å². The first-order chi connectivity index (χ1) is 7.87. The zero-order valence-corrected chi connectivity index (χ0v) is 11.2. The van der Waals surface area contributed by atoms with Gasteiger partial charge in [0.25, 0.3) is 0 Å². The van der Waals surface area contributed by atoms with Gasteiger partial charge >= 0.3 is 7.12 Å². The SMILES string of the molecule is CC1(C)OB(C2=C[C@@H]3CC[C@H](C2)O3)OC1(C)C. The van der Waals surface area contributed by atoms with E-state index in [-0.39, 0.29) is 18.3 Å². The Labute approximate surface area is 104 Å². The molecule has 0 saturated carbocycles. The number of fused-ring (bicyclic) bond motifs is 2. The highest BCUT2D eigenvalue weighted by Gasteiger charge is 2.53. The van der Waals surface area contributed by atoms with Crippen molar-refractivity contribution in [2.75, 3.05) is 0 Å². The van der Waals surface area contributed by atoms with Crippen LogP contribution in [0.4, 0.5) is 0 Å². The van der Waals surface area contributed by atoms with Gasteiger partial charge in [0.15, 0.2) is 0 Å². The summed E-state index contributed by atoms with van der Waals surface area (Å²) in [4.78, 5) is 0. The zero-order chi connectivity index (χ0) is 12.3. The molecule has 0 unspecified atom stereocenters. The average molecular weight is 236 g/mol. The highest BCUT2D eigenvalue weighted by Crippen LogP contribution is 2.41. The van der Waals surface area contributed by atoms with E-state index < -0.39 is 0 Å². The van der Waals surface area contributed by atoms with E-state index in [9.17, 15) is 0 Å². The molecule has 0 aromatic rings. The second-order valence-electron chi connectivity index (χ2n) is 6.41. The van der Waals surface area contributed by atoms with Crippen molar-refractivity contribution >= 4 is 7.12 Å². The Balaban J connectivity index is 1.79. The van der Waals surface area contributed by atoms with Crippen molar-refractivity contribution in [3.05, 3.63) is 11.5 Å². The molecule has 2 atom stereocenters. The zero-order valence-electron chi connectivity index (χ0n) is 11.2. The maximum Gasteiger partial charge on any atom is 0.490 e. The summed E-state index contributed by atoms with van der Waals surface area (Å²) >= 11 is 0. The predicted molar refractivity (Wildman–Crippen MR) is 66.7 cm³/mol. The van der Waals surface area contributed by atoms with E-state index in [1.165, 1.54) is 11.9 Å². The summed E-state index contributed by atoms with van der Waals surface area (Å²) in [6.45, 7) is 8.39. The van der Waals surface area contributed by atoms with E-state index >= 15 is 0 Å². The third-order valence-electron chi connectivity index (χ3n) is 4.56. The standard InChI is InChI=1S/C13H21BO3/c1-12(2)13(3,4)17-14(16-12)9-7-10-5-6-11(8-9)15-10/h7,10-11H,5-6,8H2,1-4H3/t10-,11+/m0/s1. The van der Waals surface area contributed by atoms with Gasteiger partial charge < -0.3 is 14.0 Å². The van der Waals surface area contributed by atoms with Crippen molar-refractivity contribution in [3.63, 3.8) is 0 Å². The van der Waals surface area contributed by atoms with Gasteiger partial charge in [-0.05, 0) is 52.4 Å². The van der Waals surface area contributed by atoms with Crippen LogP contribution in [0.3, 0.4) is 0 Å². The Morgan fingerprint density at radius 2 is 1.76 bits per heavy atom. The van der Waals surface area contributed by atoms with Crippen LogP contribution in [0.1, 0.15) is 47.0 Å². The van der Waals surface area contributed by atoms with Crippen LogP contribution in [0.2, 0.25) is 0 Å². The minimum absolute atomic E-state index is 0.174. The van der Waals surface area contributed by atoms with Crippen LogP contribution in [0.5, 0.6) is 0 Å². The van der Waals surface area contributed by atoms with Gasteiger partial charge in [-0.25, -0.2) is 0 Å². The van der Waals surface area contributed by atoms with E-state index in [2.05, 4.69) is 33.8 Å². The van der Waals surface area contributed by atoms with Gasteiger partial charge in [0, 0.05) is 0 Å². The second-order valence-corrected chi connectivity index (χ2v) is 6.41. The number of ether oxygens (including phenoxy) is 1. The number of rotatable bonds is 1. The minimum Gasteiger partial charge on any atom is -0.400 e. The lowest BCUT2D eigenvalue weighted by Gasteiger charge is -2.32. The molecule has 0 aliphatic carbocycles. The summed E-state index contributed by atoms with van der Waals surface area (Å²) in [6, 6.07) is 0. The third kappa shape index (κ3) is 1.87. The van der Waals surface area contributed by atoms with E-state index in [0.717, 1.165) is 12.8 Å². The van der Waals surface area contributed by atoms with Crippen molar-refractivity contribution in [3.8, 4) is 0 Å². The summed E-state index contributed by atoms with van der Waals surface area (Å²) in [5, 5.41) is 0. The first-order valence-corrected chi connectivity index (χ1v) is 6.59. The molecule has 3 aliphatic heterocycles. The molecule has 4 heteroatoms. The van der Waals surface area contributed by atoms with Gasteiger partial charge in [-0.1, -0.05) is 6.08 Å². The molecule has 3 nitrogen and oxygen atoms in total. The van der Waals surface area contributed by atoms with Gasteiger partial charge in [-0.3, -0.25) is 0 Å². The van der Waals surface area contributed by atoms with Crippen molar-refractivity contribution < 1.29 is 14.0 Å². The normalized spacial score (nSPS) is 38.4. The molecule has 2 fully saturated rings. The predicted octanol–water partition coefficient (Wildman–Crippen LogP) is 2.50. The molecule has 0 N–H and O–H groups in total. The Hall–Kier alpha value is -0.315. The quantitative estimate of drug-likeness (QED) is 0.654.